The van der Waals surface area contributed by atoms with E-state index in [2.05, 4.69) is 27.3 Å². The highest BCUT2D eigenvalue weighted by Crippen LogP contribution is 2.25. The summed E-state index contributed by atoms with van der Waals surface area (Å²) < 4.78 is 6.68. The summed E-state index contributed by atoms with van der Waals surface area (Å²) in [6.07, 6.45) is 2.43. The van der Waals surface area contributed by atoms with E-state index in [9.17, 15) is 9.59 Å². The minimum atomic E-state index is -0.0397. The predicted octanol–water partition coefficient (Wildman–Crippen LogP) is 2.00. The van der Waals surface area contributed by atoms with Crippen molar-refractivity contribution in [1.82, 2.24) is 24.7 Å². The Morgan fingerprint density at radius 3 is 2.62 bits per heavy atom. The first kappa shape index (κ1) is 23.8. The van der Waals surface area contributed by atoms with Crippen molar-refractivity contribution in [2.45, 2.75) is 25.4 Å². The quantitative estimate of drug-likeness (QED) is 0.368. The molecule has 3 aromatic rings. The van der Waals surface area contributed by atoms with Crippen LogP contribution in [0, 0.1) is 6.92 Å². The fourth-order valence-electron chi connectivity index (χ4n) is 3.89. The number of rotatable bonds is 8. The highest BCUT2D eigenvalue weighted by molar-refractivity contribution is 7.99. The van der Waals surface area contributed by atoms with Crippen molar-refractivity contribution < 1.29 is 14.0 Å². The summed E-state index contributed by atoms with van der Waals surface area (Å²) in [4.78, 5) is 29.1. The van der Waals surface area contributed by atoms with Crippen LogP contribution in [0.5, 0.6) is 0 Å². The molecule has 2 amide bonds. The van der Waals surface area contributed by atoms with Crippen molar-refractivity contribution in [3.05, 3.63) is 47.9 Å². The van der Waals surface area contributed by atoms with Gasteiger partial charge in [-0.2, -0.15) is 0 Å². The zero-order valence-corrected chi connectivity index (χ0v) is 20.2. The molecule has 1 saturated heterocycles. The summed E-state index contributed by atoms with van der Waals surface area (Å²) in [5.41, 5.74) is 2.75. The lowest BCUT2D eigenvalue weighted by atomic mass is 10.1. The lowest BCUT2D eigenvalue weighted by molar-refractivity contribution is -0.130. The molecule has 1 aliphatic rings. The normalized spacial score (nSPS) is 14.4. The third-order valence-corrected chi connectivity index (χ3v) is 6.78. The number of nitrogens with two attached hydrogens (primary N) is 1. The zero-order chi connectivity index (χ0) is 24.1. The third-order valence-electron chi connectivity index (χ3n) is 5.85. The zero-order valence-electron chi connectivity index (χ0n) is 19.4. The van der Waals surface area contributed by atoms with E-state index in [4.69, 9.17) is 10.3 Å². The molecule has 0 saturated carbocycles. The minimum absolute atomic E-state index is 0.00927. The second-order valence-electron chi connectivity index (χ2n) is 8.07. The van der Waals surface area contributed by atoms with Crippen molar-refractivity contribution in [2.24, 2.45) is 0 Å². The summed E-state index contributed by atoms with van der Waals surface area (Å²) >= 11 is 1.25. The monoisotopic (exact) mass is 483 g/mol. The highest BCUT2D eigenvalue weighted by atomic mass is 32.2. The molecule has 0 atom stereocenters. The lowest BCUT2D eigenvalue weighted by Crippen LogP contribution is -2.50. The SMILES string of the molecule is CCc1ccccc1NC(=O)CN1CCN(C(=O)CSc2nnc(-c3ccoc3C)n2N)CC1. The molecule has 3 N–H and O–H groups in total. The second kappa shape index (κ2) is 10.7. The highest BCUT2D eigenvalue weighted by Gasteiger charge is 2.24. The smallest absolute Gasteiger partial charge is 0.238 e. The van der Waals surface area contributed by atoms with Gasteiger partial charge in [-0.3, -0.25) is 14.5 Å². The van der Waals surface area contributed by atoms with Crippen LogP contribution in [0.25, 0.3) is 11.4 Å². The molecule has 1 aliphatic heterocycles. The maximum Gasteiger partial charge on any atom is 0.238 e. The number of anilines is 1. The average Bonchev–Trinajstić information content (AvgIpc) is 3.42. The van der Waals surface area contributed by atoms with Crippen LogP contribution in [-0.2, 0) is 16.0 Å². The van der Waals surface area contributed by atoms with Crippen LogP contribution in [0.15, 0.2) is 46.2 Å². The summed E-state index contributed by atoms with van der Waals surface area (Å²) in [6.45, 7) is 6.65. The lowest BCUT2D eigenvalue weighted by Gasteiger charge is -2.34. The molecule has 1 fully saturated rings. The van der Waals surface area contributed by atoms with Crippen LogP contribution in [-0.4, -0.2) is 75.0 Å². The van der Waals surface area contributed by atoms with Crippen LogP contribution in [0.2, 0.25) is 0 Å². The molecule has 2 aromatic heterocycles. The van der Waals surface area contributed by atoms with Gasteiger partial charge >= 0.3 is 0 Å². The molecular weight excluding hydrogens is 454 g/mol. The van der Waals surface area contributed by atoms with Gasteiger partial charge in [-0.25, -0.2) is 4.68 Å². The van der Waals surface area contributed by atoms with E-state index in [1.54, 1.807) is 12.3 Å². The molecule has 34 heavy (non-hydrogen) atoms. The number of furan rings is 1. The van der Waals surface area contributed by atoms with Gasteiger partial charge in [-0.15, -0.1) is 10.2 Å². The number of benzene rings is 1. The maximum atomic E-state index is 12.7. The fourth-order valence-corrected chi connectivity index (χ4v) is 4.65. The third kappa shape index (κ3) is 5.42. The maximum absolute atomic E-state index is 12.7. The number of nitrogens with zero attached hydrogens (tertiary/aromatic N) is 5. The molecule has 10 nitrogen and oxygen atoms in total. The van der Waals surface area contributed by atoms with Crippen LogP contribution >= 0.6 is 11.8 Å². The molecule has 4 rings (SSSR count). The topological polar surface area (TPSA) is 123 Å². The number of aromatic nitrogens is 3. The molecule has 3 heterocycles. The number of nitrogen functional groups attached to an aromatic ring is 1. The van der Waals surface area contributed by atoms with Gasteiger partial charge < -0.3 is 20.5 Å². The van der Waals surface area contributed by atoms with Gasteiger partial charge in [0.1, 0.15) is 5.76 Å². The molecule has 0 unspecified atom stereocenters. The molecule has 180 valence electrons. The number of carbonyl (C=O) groups excluding carboxylic acids is 2. The average molecular weight is 484 g/mol. The molecule has 1 aromatic carbocycles. The number of hydrogen-bond donors (Lipinski definition) is 2. The Balaban J connectivity index is 1.23. The number of amides is 2. The van der Waals surface area contributed by atoms with Crippen LogP contribution in [0.3, 0.4) is 0 Å². The first-order valence-corrected chi connectivity index (χ1v) is 12.2. The van der Waals surface area contributed by atoms with Crippen molar-refractivity contribution in [1.29, 1.82) is 0 Å². The van der Waals surface area contributed by atoms with E-state index in [0.717, 1.165) is 23.2 Å². The first-order valence-electron chi connectivity index (χ1n) is 11.2. The van der Waals surface area contributed by atoms with Gasteiger partial charge in [0.2, 0.25) is 17.0 Å². The van der Waals surface area contributed by atoms with Crippen LogP contribution in [0.4, 0.5) is 5.69 Å². The number of carbonyl (C=O) groups is 2. The van der Waals surface area contributed by atoms with Crippen molar-refractivity contribution >= 4 is 29.3 Å². The number of piperazine rings is 1. The Hall–Kier alpha value is -3.31. The van der Waals surface area contributed by atoms with E-state index >= 15 is 0 Å². The standard InChI is InChI=1S/C23H29N7O3S/c1-3-17-6-4-5-7-19(17)25-20(31)14-28-9-11-29(12-10-28)21(32)15-34-23-27-26-22(30(23)24)18-8-13-33-16(18)2/h4-8,13H,3,9-12,14-15,24H2,1-2H3,(H,25,31). The summed E-state index contributed by atoms with van der Waals surface area (Å²) in [5, 5.41) is 11.7. The van der Waals surface area contributed by atoms with Crippen molar-refractivity contribution in [2.75, 3.05) is 49.6 Å². The second-order valence-corrected chi connectivity index (χ2v) is 9.01. The minimum Gasteiger partial charge on any atom is -0.469 e. The Bertz CT molecular complexity index is 1150. The van der Waals surface area contributed by atoms with E-state index in [-0.39, 0.29) is 17.6 Å². The largest absolute Gasteiger partial charge is 0.469 e. The van der Waals surface area contributed by atoms with E-state index in [1.165, 1.54) is 16.4 Å². The molecule has 0 bridgehead atoms. The number of para-hydroxylation sites is 1. The Kier molecular flexibility index (Phi) is 7.53. The molecule has 11 heteroatoms. The van der Waals surface area contributed by atoms with Gasteiger partial charge in [0.15, 0.2) is 5.82 Å². The Morgan fingerprint density at radius 2 is 1.91 bits per heavy atom. The van der Waals surface area contributed by atoms with Crippen LogP contribution < -0.4 is 11.2 Å². The van der Waals surface area contributed by atoms with Crippen molar-refractivity contribution in [3.8, 4) is 11.4 Å². The summed E-state index contributed by atoms with van der Waals surface area (Å²) in [7, 11) is 0. The first-order chi connectivity index (χ1) is 16.5. The molecular formula is C23H29N7O3S. The number of thioether (sulfide) groups is 1. The van der Waals surface area contributed by atoms with Gasteiger partial charge in [0.05, 0.1) is 24.1 Å². The Morgan fingerprint density at radius 1 is 1.15 bits per heavy atom. The van der Waals surface area contributed by atoms with E-state index < -0.39 is 0 Å². The summed E-state index contributed by atoms with van der Waals surface area (Å²) in [5.74, 6) is 7.51. The summed E-state index contributed by atoms with van der Waals surface area (Å²) in [6, 6.07) is 9.62. The number of nitrogens with one attached hydrogen (secondary N) is 1. The van der Waals surface area contributed by atoms with E-state index in [1.807, 2.05) is 36.1 Å². The van der Waals surface area contributed by atoms with Gasteiger partial charge in [0, 0.05) is 31.9 Å². The van der Waals surface area contributed by atoms with Crippen LogP contribution in [0.1, 0.15) is 18.2 Å². The van der Waals surface area contributed by atoms with E-state index in [0.29, 0.717) is 49.5 Å². The van der Waals surface area contributed by atoms with Crippen molar-refractivity contribution in [3.63, 3.8) is 0 Å². The van der Waals surface area contributed by atoms with Gasteiger partial charge in [-0.1, -0.05) is 36.9 Å². The van der Waals surface area contributed by atoms with Gasteiger partial charge in [0.25, 0.3) is 0 Å². The fraction of sp³-hybridized carbons (Fsp3) is 0.391. The van der Waals surface area contributed by atoms with Gasteiger partial charge in [-0.05, 0) is 31.0 Å². The predicted molar refractivity (Wildman–Crippen MR) is 131 cm³/mol. The molecule has 0 spiro atoms. The molecule has 0 aliphatic carbocycles. The number of aryl methyl sites for hydroxylation is 2. The Labute approximate surface area is 202 Å². The number of hydrogen-bond acceptors (Lipinski definition) is 8. The molecule has 0 radical (unpaired) electrons.